The molecule has 0 aliphatic rings. The second kappa shape index (κ2) is 12.2. The molecule has 0 unspecified atom stereocenters. The number of carbonyl (C=O) groups is 1. The second-order valence-electron chi connectivity index (χ2n) is 9.39. The van der Waals surface area contributed by atoms with E-state index in [0.717, 1.165) is 23.0 Å². The summed E-state index contributed by atoms with van der Waals surface area (Å²) in [4.78, 5) is 13.0. The average molecular weight is 538 g/mol. The fraction of sp³-hybridized carbons (Fsp3) is 0.259. The van der Waals surface area contributed by atoms with Gasteiger partial charge in [0, 0.05) is 5.69 Å². The smallest absolute Gasteiger partial charge is 0.261 e. The minimum atomic E-state index is -3.77. The first-order chi connectivity index (χ1) is 17.4. The molecule has 3 rings (SSSR count). The van der Waals surface area contributed by atoms with Gasteiger partial charge in [0.05, 0.1) is 22.8 Å². The number of rotatable bonds is 9. The monoisotopic (exact) mass is 537 g/mol. The lowest BCUT2D eigenvalue weighted by Crippen LogP contribution is -2.34. The van der Waals surface area contributed by atoms with E-state index in [4.69, 9.17) is 17.0 Å². The van der Waals surface area contributed by atoms with Gasteiger partial charge in [-0.15, -0.1) is 0 Å². The standard InChI is InChI=1S/C27H32BN3O4S2/c1-17(2)13-14-35-25-12-6-20(28)16-23(25)26(32)30-27(36)29-21-7-9-22(10-8-21)37(33,34)31-24-11-5-18(3)15-19(24)4/h5-12,15-17,31H,13-14,28H2,1-4H3,(H2,29,30,32,36). The van der Waals surface area contributed by atoms with Gasteiger partial charge < -0.3 is 10.1 Å². The average Bonchev–Trinajstić information content (AvgIpc) is 2.82. The lowest BCUT2D eigenvalue weighted by atomic mass is 9.94. The number of nitrogens with one attached hydrogen (secondary N) is 3. The highest BCUT2D eigenvalue weighted by Gasteiger charge is 2.17. The molecular formula is C27H32BN3O4S2. The molecule has 0 aromatic heterocycles. The van der Waals surface area contributed by atoms with Crippen molar-refractivity contribution in [1.29, 1.82) is 0 Å². The van der Waals surface area contributed by atoms with E-state index in [1.165, 1.54) is 12.1 Å². The maximum absolute atomic E-state index is 12.9. The summed E-state index contributed by atoms with van der Waals surface area (Å²) in [7, 11) is -1.87. The quantitative estimate of drug-likeness (QED) is 0.283. The normalized spacial score (nSPS) is 11.2. The first-order valence-electron chi connectivity index (χ1n) is 12.0. The Morgan fingerprint density at radius 3 is 2.38 bits per heavy atom. The second-order valence-corrected chi connectivity index (χ2v) is 11.5. The zero-order valence-corrected chi connectivity index (χ0v) is 23.3. The summed E-state index contributed by atoms with van der Waals surface area (Å²) < 4.78 is 34.1. The fourth-order valence-electron chi connectivity index (χ4n) is 3.53. The number of sulfonamides is 1. The number of ether oxygens (including phenoxy) is 1. The molecule has 7 nitrogen and oxygen atoms in total. The van der Waals surface area contributed by atoms with Crippen molar-refractivity contribution < 1.29 is 17.9 Å². The zero-order chi connectivity index (χ0) is 27.2. The molecule has 194 valence electrons. The molecule has 3 aromatic rings. The molecule has 3 N–H and O–H groups in total. The van der Waals surface area contributed by atoms with E-state index < -0.39 is 15.9 Å². The number of carbonyl (C=O) groups excluding carboxylic acids is 1. The van der Waals surface area contributed by atoms with Gasteiger partial charge in [-0.2, -0.15) is 0 Å². The van der Waals surface area contributed by atoms with Crippen LogP contribution in [-0.4, -0.2) is 33.9 Å². The van der Waals surface area contributed by atoms with E-state index in [1.54, 1.807) is 30.3 Å². The van der Waals surface area contributed by atoms with Gasteiger partial charge in [-0.1, -0.05) is 49.1 Å². The van der Waals surface area contributed by atoms with Gasteiger partial charge in [0.15, 0.2) is 5.11 Å². The predicted molar refractivity (Wildman–Crippen MR) is 156 cm³/mol. The summed E-state index contributed by atoms with van der Waals surface area (Å²) in [5, 5.41) is 5.68. The highest BCUT2D eigenvalue weighted by molar-refractivity contribution is 7.92. The first kappa shape index (κ1) is 28.2. The molecule has 0 fully saturated rings. The van der Waals surface area contributed by atoms with Gasteiger partial charge in [-0.25, -0.2) is 8.42 Å². The number of benzene rings is 3. The Balaban J connectivity index is 1.64. The highest BCUT2D eigenvalue weighted by atomic mass is 32.2. The van der Waals surface area contributed by atoms with Crippen molar-refractivity contribution in [1.82, 2.24) is 5.32 Å². The van der Waals surface area contributed by atoms with Crippen LogP contribution in [0.1, 0.15) is 41.8 Å². The SMILES string of the molecule is Bc1ccc(OCCC(C)C)c(C(=O)NC(=S)Nc2ccc(S(=O)(=O)Nc3ccc(C)cc3C)cc2)c1. The Hall–Kier alpha value is -3.37. The third-order valence-electron chi connectivity index (χ3n) is 5.61. The van der Waals surface area contributed by atoms with E-state index in [0.29, 0.717) is 35.2 Å². The topological polar surface area (TPSA) is 96.5 Å². The lowest BCUT2D eigenvalue weighted by Gasteiger charge is -2.15. The lowest BCUT2D eigenvalue weighted by molar-refractivity contribution is 0.0973. The van der Waals surface area contributed by atoms with Crippen molar-refractivity contribution in [2.75, 3.05) is 16.6 Å². The van der Waals surface area contributed by atoms with Gasteiger partial charge in [-0.3, -0.25) is 14.8 Å². The molecule has 0 aliphatic heterocycles. The van der Waals surface area contributed by atoms with Crippen LogP contribution in [0.15, 0.2) is 65.6 Å². The Morgan fingerprint density at radius 2 is 1.73 bits per heavy atom. The molecule has 0 atom stereocenters. The van der Waals surface area contributed by atoms with Crippen LogP contribution in [0.2, 0.25) is 0 Å². The number of amides is 1. The Labute approximate surface area is 225 Å². The van der Waals surface area contributed by atoms with Crippen LogP contribution in [0.3, 0.4) is 0 Å². The van der Waals surface area contributed by atoms with Crippen molar-refractivity contribution in [2.45, 2.75) is 39.0 Å². The van der Waals surface area contributed by atoms with E-state index >= 15 is 0 Å². The van der Waals surface area contributed by atoms with Crippen LogP contribution >= 0.6 is 12.2 Å². The third kappa shape index (κ3) is 8.06. The summed E-state index contributed by atoms with van der Waals surface area (Å²) in [6.45, 7) is 8.53. The number of hydrogen-bond donors (Lipinski definition) is 3. The minimum absolute atomic E-state index is 0.0867. The van der Waals surface area contributed by atoms with Gasteiger partial charge in [-0.05, 0) is 80.4 Å². The minimum Gasteiger partial charge on any atom is -0.493 e. The number of hydrogen-bond acceptors (Lipinski definition) is 5. The van der Waals surface area contributed by atoms with Gasteiger partial charge in [0.2, 0.25) is 0 Å². The Kier molecular flexibility index (Phi) is 9.34. The summed E-state index contributed by atoms with van der Waals surface area (Å²) >= 11 is 5.31. The van der Waals surface area contributed by atoms with Crippen LogP contribution in [-0.2, 0) is 10.0 Å². The van der Waals surface area contributed by atoms with Crippen molar-refractivity contribution in [3.8, 4) is 5.75 Å². The molecule has 10 heteroatoms. The zero-order valence-electron chi connectivity index (χ0n) is 21.7. The fourth-order valence-corrected chi connectivity index (χ4v) is 4.88. The van der Waals surface area contributed by atoms with Crippen molar-refractivity contribution in [3.63, 3.8) is 0 Å². The Morgan fingerprint density at radius 1 is 1.03 bits per heavy atom. The molecule has 0 aliphatic carbocycles. The molecule has 0 saturated carbocycles. The highest BCUT2D eigenvalue weighted by Crippen LogP contribution is 2.22. The van der Waals surface area contributed by atoms with Crippen LogP contribution in [0.5, 0.6) is 5.75 Å². The van der Waals surface area contributed by atoms with Crippen molar-refractivity contribution in [2.24, 2.45) is 5.92 Å². The van der Waals surface area contributed by atoms with Crippen molar-refractivity contribution >= 4 is 57.9 Å². The molecule has 3 aromatic carbocycles. The van der Waals surface area contributed by atoms with Crippen LogP contribution in [0, 0.1) is 19.8 Å². The predicted octanol–water partition coefficient (Wildman–Crippen LogP) is 3.91. The molecule has 0 saturated heterocycles. The summed E-state index contributed by atoms with van der Waals surface area (Å²) in [6.07, 6.45) is 0.876. The largest absolute Gasteiger partial charge is 0.493 e. The molecule has 0 heterocycles. The van der Waals surface area contributed by atoms with E-state index in [-0.39, 0.29) is 10.0 Å². The number of aryl methyl sites for hydroxylation is 2. The summed E-state index contributed by atoms with van der Waals surface area (Å²) in [6, 6.07) is 17.1. The van der Waals surface area contributed by atoms with Gasteiger partial charge in [0.25, 0.3) is 15.9 Å². The molecule has 0 radical (unpaired) electrons. The number of anilines is 2. The van der Waals surface area contributed by atoms with Gasteiger partial charge >= 0.3 is 0 Å². The van der Waals surface area contributed by atoms with Gasteiger partial charge in [0.1, 0.15) is 13.6 Å². The maximum Gasteiger partial charge on any atom is 0.261 e. The van der Waals surface area contributed by atoms with E-state index in [2.05, 4.69) is 29.2 Å². The third-order valence-corrected chi connectivity index (χ3v) is 7.19. The van der Waals surface area contributed by atoms with E-state index in [9.17, 15) is 13.2 Å². The van der Waals surface area contributed by atoms with Crippen LogP contribution in [0.4, 0.5) is 11.4 Å². The molecular weight excluding hydrogens is 505 g/mol. The summed E-state index contributed by atoms with van der Waals surface area (Å²) in [5.41, 5.74) is 4.27. The van der Waals surface area contributed by atoms with Crippen LogP contribution < -0.4 is 25.6 Å². The van der Waals surface area contributed by atoms with Crippen LogP contribution in [0.25, 0.3) is 0 Å². The van der Waals surface area contributed by atoms with E-state index in [1.807, 2.05) is 39.9 Å². The number of thiocarbonyl (C=S) groups is 1. The molecule has 0 spiro atoms. The molecule has 1 amide bonds. The first-order valence-corrected chi connectivity index (χ1v) is 13.9. The maximum atomic E-state index is 12.9. The Bertz CT molecular complexity index is 1390. The summed E-state index contributed by atoms with van der Waals surface area (Å²) in [5.74, 6) is 0.596. The molecule has 37 heavy (non-hydrogen) atoms. The van der Waals surface area contributed by atoms with Crippen molar-refractivity contribution in [3.05, 3.63) is 77.4 Å². The molecule has 0 bridgehead atoms.